The van der Waals surface area contributed by atoms with Crippen molar-refractivity contribution in [3.8, 4) is 11.4 Å². The van der Waals surface area contributed by atoms with Crippen molar-refractivity contribution in [3.63, 3.8) is 0 Å². The lowest BCUT2D eigenvalue weighted by Crippen LogP contribution is -2.40. The lowest BCUT2D eigenvalue weighted by Gasteiger charge is -2.26. The van der Waals surface area contributed by atoms with E-state index < -0.39 is 16.0 Å². The molecule has 1 saturated heterocycles. The molecule has 11 nitrogen and oxygen atoms in total. The highest BCUT2D eigenvalue weighted by Gasteiger charge is 2.28. The second-order valence-corrected chi connectivity index (χ2v) is 13.3. The zero-order chi connectivity index (χ0) is 28.3. The molecule has 0 saturated carbocycles. The number of nitrogens with one attached hydrogen (secondary N) is 1. The maximum atomic E-state index is 12.9. The molecule has 3 heterocycles. The van der Waals surface area contributed by atoms with Crippen molar-refractivity contribution in [3.05, 3.63) is 40.3 Å². The van der Waals surface area contributed by atoms with E-state index in [4.69, 9.17) is 9.47 Å². The minimum absolute atomic E-state index is 0.0814. The summed E-state index contributed by atoms with van der Waals surface area (Å²) in [4.78, 5) is 26.7. The molecular formula is C26H31N5O6S3. The Balaban J connectivity index is 1.27. The van der Waals surface area contributed by atoms with Gasteiger partial charge in [-0.1, -0.05) is 11.8 Å². The van der Waals surface area contributed by atoms with Crippen molar-refractivity contribution in [1.29, 1.82) is 0 Å². The van der Waals surface area contributed by atoms with Crippen molar-refractivity contribution in [2.24, 2.45) is 0 Å². The summed E-state index contributed by atoms with van der Waals surface area (Å²) < 4.78 is 39.5. The SMILES string of the molecule is CCn1c(SCC(=O)Nc2sc3c(c2C(=O)OC)CCCC3)nnc1-c1ccc(S(=O)(=O)N2CCOCC2)cc1. The summed E-state index contributed by atoms with van der Waals surface area (Å²) in [6.07, 6.45) is 3.79. The predicted molar refractivity (Wildman–Crippen MR) is 152 cm³/mol. The summed E-state index contributed by atoms with van der Waals surface area (Å²) in [6, 6.07) is 6.60. The molecule has 1 aliphatic carbocycles. The number of thioether (sulfide) groups is 1. The van der Waals surface area contributed by atoms with Gasteiger partial charge in [0.05, 0.1) is 36.5 Å². The standard InChI is InChI=1S/C26H31N5O6S3/c1-3-31-23(17-8-10-18(11-9-17)40(34,35)30-12-14-37-15-13-30)28-29-26(31)38-16-21(32)27-24-22(25(33)36-2)19-6-4-5-7-20(19)39-24/h8-11H,3-7,12-16H2,1-2H3,(H,27,32). The van der Waals surface area contributed by atoms with Crippen molar-refractivity contribution in [2.75, 3.05) is 44.5 Å². The topological polar surface area (TPSA) is 133 Å². The number of ether oxygens (including phenoxy) is 2. The van der Waals surface area contributed by atoms with Crippen molar-refractivity contribution in [1.82, 2.24) is 19.1 Å². The van der Waals surface area contributed by atoms with E-state index in [1.165, 1.54) is 34.5 Å². The average molecular weight is 606 g/mol. The fraction of sp³-hybridized carbons (Fsp3) is 0.462. The number of fused-ring (bicyclic) bond motifs is 1. The van der Waals surface area contributed by atoms with Crippen LogP contribution in [-0.4, -0.2) is 78.5 Å². The highest BCUT2D eigenvalue weighted by Crippen LogP contribution is 2.38. The molecule has 0 unspecified atom stereocenters. The zero-order valence-electron chi connectivity index (χ0n) is 22.3. The van der Waals surface area contributed by atoms with E-state index in [1.54, 1.807) is 24.3 Å². The predicted octanol–water partition coefficient (Wildman–Crippen LogP) is 3.44. The number of benzene rings is 1. The summed E-state index contributed by atoms with van der Waals surface area (Å²) in [5, 5.41) is 12.6. The number of amides is 1. The fourth-order valence-electron chi connectivity index (χ4n) is 4.87. The smallest absolute Gasteiger partial charge is 0.341 e. The summed E-state index contributed by atoms with van der Waals surface area (Å²) in [5.74, 6) is -0.0161. The summed E-state index contributed by atoms with van der Waals surface area (Å²) >= 11 is 2.70. The Labute approximate surface area is 241 Å². The molecule has 0 radical (unpaired) electrons. The summed E-state index contributed by atoms with van der Waals surface area (Å²) in [7, 11) is -2.24. The van der Waals surface area contributed by atoms with E-state index in [2.05, 4.69) is 15.5 Å². The molecule has 1 aliphatic heterocycles. The molecule has 0 bridgehead atoms. The van der Waals surface area contributed by atoms with Crippen LogP contribution in [0, 0.1) is 0 Å². The third-order valence-electron chi connectivity index (χ3n) is 6.90. The Kier molecular flexibility index (Phi) is 8.90. The van der Waals surface area contributed by atoms with Gasteiger partial charge in [-0.3, -0.25) is 4.79 Å². The molecule has 1 amide bonds. The zero-order valence-corrected chi connectivity index (χ0v) is 24.8. The summed E-state index contributed by atoms with van der Waals surface area (Å²) in [5.41, 5.74) is 2.18. The third kappa shape index (κ3) is 5.81. The fourth-order valence-corrected chi connectivity index (χ4v) is 8.37. The van der Waals surface area contributed by atoms with Crippen molar-refractivity contribution in [2.45, 2.75) is 49.2 Å². The van der Waals surface area contributed by atoms with Crippen LogP contribution in [0.1, 0.15) is 40.6 Å². The molecule has 1 fully saturated rings. The number of morpholine rings is 1. The lowest BCUT2D eigenvalue weighted by molar-refractivity contribution is -0.113. The van der Waals surface area contributed by atoms with Gasteiger partial charge in [0.25, 0.3) is 0 Å². The Bertz CT molecular complexity index is 1490. The van der Waals surface area contributed by atoms with Crippen LogP contribution >= 0.6 is 23.1 Å². The van der Waals surface area contributed by atoms with Crippen LogP contribution in [0.4, 0.5) is 5.00 Å². The van der Waals surface area contributed by atoms with Gasteiger partial charge >= 0.3 is 5.97 Å². The van der Waals surface area contributed by atoms with Gasteiger partial charge in [-0.15, -0.1) is 21.5 Å². The van der Waals surface area contributed by atoms with Gasteiger partial charge in [-0.05, 0) is 62.4 Å². The van der Waals surface area contributed by atoms with Crippen molar-refractivity contribution < 1.29 is 27.5 Å². The number of esters is 1. The van der Waals surface area contributed by atoms with Gasteiger partial charge in [0.15, 0.2) is 11.0 Å². The van der Waals surface area contributed by atoms with Crippen LogP contribution in [0.15, 0.2) is 34.3 Å². The van der Waals surface area contributed by atoms with Gasteiger partial charge in [-0.25, -0.2) is 13.2 Å². The molecule has 214 valence electrons. The number of carbonyl (C=O) groups is 2. The maximum Gasteiger partial charge on any atom is 0.341 e. The Morgan fingerprint density at radius 1 is 1.12 bits per heavy atom. The molecule has 1 N–H and O–H groups in total. The monoisotopic (exact) mass is 605 g/mol. The number of rotatable bonds is 9. The first kappa shape index (κ1) is 28.7. The normalized spacial score (nSPS) is 15.9. The third-order valence-corrected chi connectivity index (χ3v) is 11.0. The number of hydrogen-bond donors (Lipinski definition) is 1. The number of methoxy groups -OCH3 is 1. The lowest BCUT2D eigenvalue weighted by atomic mass is 9.95. The number of aromatic nitrogens is 3. The maximum absolute atomic E-state index is 12.9. The van der Waals surface area contributed by atoms with Crippen LogP contribution in [0.5, 0.6) is 0 Å². The van der Waals surface area contributed by atoms with Crippen LogP contribution in [0.3, 0.4) is 0 Å². The van der Waals surface area contributed by atoms with E-state index in [0.717, 1.165) is 41.7 Å². The first-order valence-electron chi connectivity index (χ1n) is 13.1. The Morgan fingerprint density at radius 2 is 1.85 bits per heavy atom. The molecular weight excluding hydrogens is 575 g/mol. The minimum atomic E-state index is -3.59. The largest absolute Gasteiger partial charge is 0.465 e. The Morgan fingerprint density at radius 3 is 2.55 bits per heavy atom. The van der Waals surface area contributed by atoms with E-state index in [-0.39, 0.29) is 16.6 Å². The van der Waals surface area contributed by atoms with Crippen LogP contribution in [0.2, 0.25) is 0 Å². The van der Waals surface area contributed by atoms with E-state index in [9.17, 15) is 18.0 Å². The minimum Gasteiger partial charge on any atom is -0.465 e. The van der Waals surface area contributed by atoms with Crippen LogP contribution in [0.25, 0.3) is 11.4 Å². The van der Waals surface area contributed by atoms with Gasteiger partial charge in [0, 0.05) is 30.1 Å². The molecule has 0 spiro atoms. The Hall–Kier alpha value is -2.78. The molecule has 14 heteroatoms. The van der Waals surface area contributed by atoms with Crippen LogP contribution < -0.4 is 5.32 Å². The highest BCUT2D eigenvalue weighted by molar-refractivity contribution is 7.99. The highest BCUT2D eigenvalue weighted by atomic mass is 32.2. The number of nitrogens with zero attached hydrogens (tertiary/aromatic N) is 4. The molecule has 5 rings (SSSR count). The molecule has 0 atom stereocenters. The number of aryl methyl sites for hydroxylation is 1. The van der Waals surface area contributed by atoms with Gasteiger partial charge in [-0.2, -0.15) is 4.31 Å². The number of hydrogen-bond acceptors (Lipinski definition) is 10. The second kappa shape index (κ2) is 12.4. The molecule has 3 aromatic rings. The van der Waals surface area contributed by atoms with Crippen LogP contribution in [-0.2, 0) is 43.7 Å². The first-order valence-corrected chi connectivity index (χ1v) is 16.3. The van der Waals surface area contributed by atoms with Gasteiger partial charge < -0.3 is 19.4 Å². The first-order chi connectivity index (χ1) is 19.3. The second-order valence-electron chi connectivity index (χ2n) is 9.33. The van der Waals surface area contributed by atoms with E-state index >= 15 is 0 Å². The average Bonchev–Trinajstić information content (AvgIpc) is 3.56. The number of thiophene rings is 1. The number of carbonyl (C=O) groups excluding carboxylic acids is 2. The summed E-state index contributed by atoms with van der Waals surface area (Å²) in [6.45, 7) is 3.95. The van der Waals surface area contributed by atoms with E-state index in [0.29, 0.717) is 54.4 Å². The quantitative estimate of drug-likeness (QED) is 0.288. The molecule has 40 heavy (non-hydrogen) atoms. The molecule has 1 aromatic carbocycles. The number of sulfonamides is 1. The van der Waals surface area contributed by atoms with Gasteiger partial charge in [0.2, 0.25) is 15.9 Å². The van der Waals surface area contributed by atoms with E-state index in [1.807, 2.05) is 11.5 Å². The molecule has 2 aliphatic rings. The van der Waals surface area contributed by atoms with Crippen molar-refractivity contribution >= 4 is 50.0 Å². The molecule has 2 aromatic heterocycles. The van der Waals surface area contributed by atoms with Gasteiger partial charge in [0.1, 0.15) is 5.00 Å². The number of anilines is 1.